The Bertz CT molecular complexity index is 863. The summed E-state index contributed by atoms with van der Waals surface area (Å²) in [5.41, 5.74) is 0.860. The number of rotatable bonds is 4. The van der Waals surface area contributed by atoms with Gasteiger partial charge in [0.05, 0.1) is 11.1 Å². The number of benzene rings is 1. The average molecular weight is 385 g/mol. The van der Waals surface area contributed by atoms with E-state index in [2.05, 4.69) is 15.3 Å². The Morgan fingerprint density at radius 2 is 1.79 bits per heavy atom. The molecule has 1 aromatic carbocycles. The fraction of sp³-hybridized carbons (Fsp3) is 0.350. The molecule has 2 heterocycles. The summed E-state index contributed by atoms with van der Waals surface area (Å²) < 4.78 is 13.9. The van der Waals surface area contributed by atoms with Gasteiger partial charge in [-0.25, -0.2) is 14.4 Å². The van der Waals surface area contributed by atoms with Crippen LogP contribution in [0.1, 0.15) is 22.8 Å². The topological polar surface area (TPSA) is 81.1 Å². The van der Waals surface area contributed by atoms with Crippen LogP contribution in [0.3, 0.4) is 0 Å². The zero-order valence-corrected chi connectivity index (χ0v) is 16.0. The summed E-state index contributed by atoms with van der Waals surface area (Å²) >= 11 is 0. The maximum Gasteiger partial charge on any atom is 0.256 e. The lowest BCUT2D eigenvalue weighted by Gasteiger charge is -2.37. The van der Waals surface area contributed by atoms with Crippen LogP contribution in [0.5, 0.6) is 0 Å². The van der Waals surface area contributed by atoms with Crippen molar-refractivity contribution < 1.29 is 14.3 Å². The number of amidine groups is 1. The SMILES string of the molecule is CNc1ncccc1/C(=N\C(C)O)N1CCN(C(=O)c2ccccc2F)CC1. The number of nitrogens with one attached hydrogen (secondary N) is 1. The number of carbonyl (C=O) groups is 1. The molecule has 28 heavy (non-hydrogen) atoms. The lowest BCUT2D eigenvalue weighted by molar-refractivity contribution is 0.0686. The zero-order valence-electron chi connectivity index (χ0n) is 16.0. The van der Waals surface area contributed by atoms with Gasteiger partial charge in [0.25, 0.3) is 5.91 Å². The Balaban J connectivity index is 1.78. The molecule has 8 heteroatoms. The lowest BCUT2D eigenvalue weighted by Crippen LogP contribution is -2.51. The van der Waals surface area contributed by atoms with Gasteiger partial charge >= 0.3 is 0 Å². The monoisotopic (exact) mass is 385 g/mol. The number of nitrogens with zero attached hydrogens (tertiary/aromatic N) is 4. The molecule has 0 spiro atoms. The van der Waals surface area contributed by atoms with Gasteiger partial charge in [-0.1, -0.05) is 12.1 Å². The number of aliphatic hydroxyl groups excluding tert-OH is 1. The molecular formula is C20H24FN5O2. The van der Waals surface area contributed by atoms with Gasteiger partial charge in [0.2, 0.25) is 0 Å². The molecule has 0 saturated carbocycles. The summed E-state index contributed by atoms with van der Waals surface area (Å²) in [6.07, 6.45) is 0.804. The highest BCUT2D eigenvalue weighted by Gasteiger charge is 2.27. The largest absolute Gasteiger partial charge is 0.373 e. The predicted molar refractivity (Wildman–Crippen MR) is 106 cm³/mol. The molecule has 0 aliphatic carbocycles. The Morgan fingerprint density at radius 1 is 1.14 bits per heavy atom. The van der Waals surface area contributed by atoms with Crippen LogP contribution in [-0.2, 0) is 0 Å². The van der Waals surface area contributed by atoms with Crippen LogP contribution in [-0.4, -0.2) is 71.1 Å². The van der Waals surface area contributed by atoms with E-state index < -0.39 is 12.0 Å². The first kappa shape index (κ1) is 19.8. The van der Waals surface area contributed by atoms with E-state index in [4.69, 9.17) is 0 Å². The number of aliphatic imine (C=N–C) groups is 1. The van der Waals surface area contributed by atoms with Crippen LogP contribution in [0.4, 0.5) is 10.2 Å². The number of aliphatic hydroxyl groups is 1. The smallest absolute Gasteiger partial charge is 0.256 e. The third-order valence-electron chi connectivity index (χ3n) is 4.57. The van der Waals surface area contributed by atoms with Crippen molar-refractivity contribution >= 4 is 17.6 Å². The van der Waals surface area contributed by atoms with Gasteiger partial charge in [0.1, 0.15) is 23.7 Å². The van der Waals surface area contributed by atoms with Gasteiger partial charge in [0, 0.05) is 39.4 Å². The summed E-state index contributed by atoms with van der Waals surface area (Å²) in [6, 6.07) is 9.71. The van der Waals surface area contributed by atoms with Crippen LogP contribution in [0.25, 0.3) is 0 Å². The van der Waals surface area contributed by atoms with E-state index in [1.807, 2.05) is 17.0 Å². The third-order valence-corrected chi connectivity index (χ3v) is 4.57. The molecule has 1 atom stereocenters. The van der Waals surface area contributed by atoms with Crippen molar-refractivity contribution in [2.24, 2.45) is 4.99 Å². The molecule has 1 aromatic heterocycles. The highest BCUT2D eigenvalue weighted by molar-refractivity contribution is 6.03. The first-order valence-electron chi connectivity index (χ1n) is 9.19. The van der Waals surface area contributed by atoms with E-state index >= 15 is 0 Å². The summed E-state index contributed by atoms with van der Waals surface area (Å²) in [4.78, 5) is 25.0. The maximum atomic E-state index is 13.9. The molecule has 2 aromatic rings. The van der Waals surface area contributed by atoms with Gasteiger partial charge in [-0.05, 0) is 31.2 Å². The number of hydrogen-bond acceptors (Lipinski definition) is 5. The predicted octanol–water partition coefficient (Wildman–Crippen LogP) is 1.81. The molecule has 2 N–H and O–H groups in total. The maximum absolute atomic E-state index is 13.9. The first-order valence-corrected chi connectivity index (χ1v) is 9.19. The number of carbonyl (C=O) groups excluding carboxylic acids is 1. The molecule has 7 nitrogen and oxygen atoms in total. The van der Waals surface area contributed by atoms with Crippen molar-refractivity contribution in [2.45, 2.75) is 13.2 Å². The number of hydrogen-bond donors (Lipinski definition) is 2. The second-order valence-electron chi connectivity index (χ2n) is 6.49. The Labute approximate surface area is 163 Å². The molecule has 1 fully saturated rings. The molecular weight excluding hydrogens is 361 g/mol. The van der Waals surface area contributed by atoms with Crippen molar-refractivity contribution in [3.05, 3.63) is 59.5 Å². The zero-order chi connectivity index (χ0) is 20.1. The van der Waals surface area contributed by atoms with E-state index in [0.717, 1.165) is 5.56 Å². The van der Waals surface area contributed by atoms with E-state index in [-0.39, 0.29) is 11.5 Å². The normalized spacial score (nSPS) is 16.1. The van der Waals surface area contributed by atoms with E-state index in [1.165, 1.54) is 12.1 Å². The number of pyridine rings is 1. The molecule has 1 amide bonds. The van der Waals surface area contributed by atoms with Crippen molar-refractivity contribution in [3.63, 3.8) is 0 Å². The van der Waals surface area contributed by atoms with Gasteiger partial charge in [-0.3, -0.25) is 4.79 Å². The van der Waals surface area contributed by atoms with Crippen molar-refractivity contribution in [2.75, 3.05) is 38.5 Å². The second kappa shape index (κ2) is 8.79. The third kappa shape index (κ3) is 4.28. The van der Waals surface area contributed by atoms with E-state index in [9.17, 15) is 14.3 Å². The van der Waals surface area contributed by atoms with Gasteiger partial charge in [-0.15, -0.1) is 0 Å². The summed E-state index contributed by atoms with van der Waals surface area (Å²) in [5, 5.41) is 12.9. The minimum Gasteiger partial charge on any atom is -0.373 e. The molecule has 3 rings (SSSR count). The molecule has 0 radical (unpaired) electrons. The molecule has 148 valence electrons. The molecule has 1 aliphatic heterocycles. The molecule has 0 bridgehead atoms. The van der Waals surface area contributed by atoms with Gasteiger partial charge < -0.3 is 20.2 Å². The van der Waals surface area contributed by atoms with Crippen molar-refractivity contribution in [1.29, 1.82) is 0 Å². The highest BCUT2D eigenvalue weighted by Crippen LogP contribution is 2.18. The quantitative estimate of drug-likeness (QED) is 0.620. The van der Waals surface area contributed by atoms with Gasteiger partial charge in [0.15, 0.2) is 0 Å². The standard InChI is InChI=1S/C20H24FN5O2/c1-14(27)24-19(16-7-5-9-23-18(16)22-2)25-10-12-26(13-11-25)20(28)15-6-3-4-8-17(15)21/h3-9,14,27H,10-13H2,1-2H3,(H,22,23)/b24-19+. The number of anilines is 1. The van der Waals surface area contributed by atoms with Crippen LogP contribution < -0.4 is 5.32 Å². The Morgan fingerprint density at radius 3 is 2.43 bits per heavy atom. The van der Waals surface area contributed by atoms with Crippen LogP contribution in [0.15, 0.2) is 47.6 Å². The van der Waals surface area contributed by atoms with Gasteiger partial charge in [-0.2, -0.15) is 0 Å². The van der Waals surface area contributed by atoms with Crippen molar-refractivity contribution in [3.8, 4) is 0 Å². The highest BCUT2D eigenvalue weighted by atomic mass is 19.1. The summed E-state index contributed by atoms with van der Waals surface area (Å²) in [5.74, 6) is 0.446. The summed E-state index contributed by atoms with van der Waals surface area (Å²) in [7, 11) is 1.77. The average Bonchev–Trinajstić information content (AvgIpc) is 2.72. The summed E-state index contributed by atoms with van der Waals surface area (Å²) in [6.45, 7) is 3.49. The van der Waals surface area contributed by atoms with Crippen LogP contribution >= 0.6 is 0 Å². The van der Waals surface area contributed by atoms with E-state index in [1.54, 1.807) is 37.2 Å². The lowest BCUT2D eigenvalue weighted by atomic mass is 10.1. The molecule has 1 saturated heterocycles. The fourth-order valence-corrected chi connectivity index (χ4v) is 3.21. The Kier molecular flexibility index (Phi) is 6.20. The Hall–Kier alpha value is -3.00. The second-order valence-corrected chi connectivity index (χ2v) is 6.49. The number of amides is 1. The number of halogens is 1. The van der Waals surface area contributed by atoms with Crippen molar-refractivity contribution in [1.82, 2.24) is 14.8 Å². The molecule has 1 unspecified atom stereocenters. The minimum atomic E-state index is -0.877. The van der Waals surface area contributed by atoms with Crippen LogP contribution in [0, 0.1) is 5.82 Å². The number of aromatic nitrogens is 1. The number of piperazine rings is 1. The minimum absolute atomic E-state index is 0.0820. The fourth-order valence-electron chi connectivity index (χ4n) is 3.21. The molecule has 1 aliphatic rings. The first-order chi connectivity index (χ1) is 13.5. The van der Waals surface area contributed by atoms with Crippen LogP contribution in [0.2, 0.25) is 0 Å². The van der Waals surface area contributed by atoms with E-state index in [0.29, 0.717) is 37.8 Å².